The smallest absolute Gasteiger partial charge is 0.189 e. The van der Waals surface area contributed by atoms with Crippen LogP contribution in [0.25, 0.3) is 11.3 Å². The SMILES string of the molecule is O=C(Cc1cnn(Cc2ccccc2)c1)c1cc(-c2ccccc2F)on1. The van der Waals surface area contributed by atoms with Crippen LogP contribution in [0.5, 0.6) is 0 Å². The summed E-state index contributed by atoms with van der Waals surface area (Å²) in [7, 11) is 0. The molecule has 0 aliphatic carbocycles. The van der Waals surface area contributed by atoms with Gasteiger partial charge in [-0.05, 0) is 23.3 Å². The summed E-state index contributed by atoms with van der Waals surface area (Å²) in [5.41, 5.74) is 2.36. The van der Waals surface area contributed by atoms with Gasteiger partial charge >= 0.3 is 0 Å². The van der Waals surface area contributed by atoms with Crippen LogP contribution < -0.4 is 0 Å². The molecule has 27 heavy (non-hydrogen) atoms. The van der Waals surface area contributed by atoms with Crippen LogP contribution in [0, 0.1) is 5.82 Å². The molecule has 0 aliphatic rings. The first-order chi connectivity index (χ1) is 13.2. The van der Waals surface area contributed by atoms with Crippen LogP contribution in [0.3, 0.4) is 0 Å². The molecule has 2 aromatic carbocycles. The van der Waals surface area contributed by atoms with Gasteiger partial charge in [0.2, 0.25) is 0 Å². The lowest BCUT2D eigenvalue weighted by Crippen LogP contribution is -2.03. The molecule has 4 aromatic rings. The highest BCUT2D eigenvalue weighted by Gasteiger charge is 2.17. The zero-order valence-electron chi connectivity index (χ0n) is 14.4. The minimum Gasteiger partial charge on any atom is -0.355 e. The monoisotopic (exact) mass is 361 g/mol. The maximum absolute atomic E-state index is 13.8. The number of carbonyl (C=O) groups is 1. The van der Waals surface area contributed by atoms with E-state index in [0.717, 1.165) is 11.1 Å². The molecule has 0 unspecified atom stereocenters. The van der Waals surface area contributed by atoms with Gasteiger partial charge in [-0.1, -0.05) is 47.6 Å². The third-order valence-corrected chi connectivity index (χ3v) is 4.17. The van der Waals surface area contributed by atoms with E-state index in [9.17, 15) is 9.18 Å². The molecule has 0 aliphatic heterocycles. The van der Waals surface area contributed by atoms with Crippen LogP contribution in [-0.2, 0) is 13.0 Å². The maximum Gasteiger partial charge on any atom is 0.189 e. The van der Waals surface area contributed by atoms with Crippen molar-refractivity contribution in [1.82, 2.24) is 14.9 Å². The molecule has 0 amide bonds. The van der Waals surface area contributed by atoms with Crippen molar-refractivity contribution in [2.45, 2.75) is 13.0 Å². The zero-order valence-corrected chi connectivity index (χ0v) is 14.4. The average Bonchev–Trinajstić information content (AvgIpc) is 3.33. The summed E-state index contributed by atoms with van der Waals surface area (Å²) in [5, 5.41) is 8.08. The molecule has 134 valence electrons. The largest absolute Gasteiger partial charge is 0.355 e. The lowest BCUT2D eigenvalue weighted by atomic mass is 10.1. The maximum atomic E-state index is 13.8. The van der Waals surface area contributed by atoms with Gasteiger partial charge in [0.25, 0.3) is 0 Å². The number of hydrogen-bond donors (Lipinski definition) is 0. The minimum atomic E-state index is -0.421. The third kappa shape index (κ3) is 3.84. The van der Waals surface area contributed by atoms with Crippen molar-refractivity contribution in [3.05, 3.63) is 95.7 Å². The summed E-state index contributed by atoms with van der Waals surface area (Å²) in [5.74, 6) is -0.397. The van der Waals surface area contributed by atoms with Gasteiger partial charge in [-0.2, -0.15) is 5.10 Å². The molecule has 6 heteroatoms. The highest BCUT2D eigenvalue weighted by atomic mass is 19.1. The fraction of sp³-hybridized carbons (Fsp3) is 0.0952. The number of Topliss-reactive ketones (excluding diaryl/α,β-unsaturated/α-hetero) is 1. The van der Waals surface area contributed by atoms with Crippen LogP contribution >= 0.6 is 0 Å². The molecule has 0 saturated heterocycles. The van der Waals surface area contributed by atoms with E-state index in [2.05, 4.69) is 10.3 Å². The number of rotatable bonds is 6. The van der Waals surface area contributed by atoms with E-state index >= 15 is 0 Å². The van der Waals surface area contributed by atoms with Crippen LogP contribution in [-0.4, -0.2) is 20.7 Å². The van der Waals surface area contributed by atoms with Crippen molar-refractivity contribution >= 4 is 5.78 Å². The lowest BCUT2D eigenvalue weighted by molar-refractivity contribution is 0.0984. The van der Waals surface area contributed by atoms with Gasteiger partial charge in [0.15, 0.2) is 17.2 Å². The lowest BCUT2D eigenvalue weighted by Gasteiger charge is -2.00. The fourth-order valence-electron chi connectivity index (χ4n) is 2.83. The van der Waals surface area contributed by atoms with Gasteiger partial charge < -0.3 is 4.52 Å². The summed E-state index contributed by atoms with van der Waals surface area (Å²) >= 11 is 0. The van der Waals surface area contributed by atoms with Gasteiger partial charge in [0, 0.05) is 18.7 Å². The zero-order chi connectivity index (χ0) is 18.6. The Hall–Kier alpha value is -3.54. The molecule has 2 aromatic heterocycles. The van der Waals surface area contributed by atoms with Crippen molar-refractivity contribution < 1.29 is 13.7 Å². The average molecular weight is 361 g/mol. The Balaban J connectivity index is 1.45. The summed E-state index contributed by atoms with van der Waals surface area (Å²) < 4.78 is 20.8. The third-order valence-electron chi connectivity index (χ3n) is 4.17. The van der Waals surface area contributed by atoms with Crippen molar-refractivity contribution in [2.24, 2.45) is 0 Å². The van der Waals surface area contributed by atoms with E-state index in [0.29, 0.717) is 6.54 Å². The highest BCUT2D eigenvalue weighted by molar-refractivity contribution is 5.96. The van der Waals surface area contributed by atoms with Crippen LogP contribution in [0.15, 0.2) is 77.6 Å². The number of nitrogens with zero attached hydrogens (tertiary/aromatic N) is 3. The van der Waals surface area contributed by atoms with Crippen molar-refractivity contribution in [1.29, 1.82) is 0 Å². The molecular weight excluding hydrogens is 345 g/mol. The molecule has 0 radical (unpaired) electrons. The first kappa shape index (κ1) is 16.9. The molecule has 0 bridgehead atoms. The molecule has 4 rings (SSSR count). The molecule has 0 N–H and O–H groups in total. The Morgan fingerprint density at radius 2 is 1.81 bits per heavy atom. The fourth-order valence-corrected chi connectivity index (χ4v) is 2.83. The van der Waals surface area contributed by atoms with E-state index in [4.69, 9.17) is 4.52 Å². The Morgan fingerprint density at radius 3 is 2.63 bits per heavy atom. The topological polar surface area (TPSA) is 60.9 Å². The van der Waals surface area contributed by atoms with Crippen molar-refractivity contribution in [3.63, 3.8) is 0 Å². The first-order valence-corrected chi connectivity index (χ1v) is 8.49. The Labute approximate surface area is 155 Å². The van der Waals surface area contributed by atoms with Gasteiger partial charge in [-0.25, -0.2) is 4.39 Å². The predicted octanol–water partition coefficient (Wildman–Crippen LogP) is 4.15. The number of ketones is 1. The Kier molecular flexibility index (Phi) is 4.61. The number of carbonyl (C=O) groups excluding carboxylic acids is 1. The standard InChI is InChI=1S/C21H16FN3O2/c22-18-9-5-4-8-17(18)21-11-19(24-27-21)20(26)10-16-12-23-25(14-16)13-15-6-2-1-3-7-15/h1-9,11-12,14H,10,13H2. The quantitative estimate of drug-likeness (QED) is 0.484. The van der Waals surface area contributed by atoms with E-state index in [1.54, 1.807) is 29.1 Å². The van der Waals surface area contributed by atoms with E-state index in [1.807, 2.05) is 36.5 Å². The second kappa shape index (κ2) is 7.37. The van der Waals surface area contributed by atoms with E-state index in [1.165, 1.54) is 12.1 Å². The molecule has 0 saturated carbocycles. The highest BCUT2D eigenvalue weighted by Crippen LogP contribution is 2.23. The number of hydrogen-bond acceptors (Lipinski definition) is 4. The summed E-state index contributed by atoms with van der Waals surface area (Å²) in [6.07, 6.45) is 3.65. The van der Waals surface area contributed by atoms with E-state index in [-0.39, 0.29) is 29.2 Å². The minimum absolute atomic E-state index is 0.151. The predicted molar refractivity (Wildman–Crippen MR) is 97.7 cm³/mol. The summed E-state index contributed by atoms with van der Waals surface area (Å²) in [4.78, 5) is 12.5. The van der Waals surface area contributed by atoms with Crippen molar-refractivity contribution in [3.8, 4) is 11.3 Å². The summed E-state index contributed by atoms with van der Waals surface area (Å²) in [6.45, 7) is 0.635. The van der Waals surface area contributed by atoms with Crippen LogP contribution in [0.1, 0.15) is 21.6 Å². The van der Waals surface area contributed by atoms with Gasteiger partial charge in [-0.3, -0.25) is 9.48 Å². The van der Waals surface area contributed by atoms with Gasteiger partial charge in [0.05, 0.1) is 18.3 Å². The summed E-state index contributed by atoms with van der Waals surface area (Å²) in [6, 6.07) is 17.6. The van der Waals surface area contributed by atoms with Gasteiger partial charge in [0.1, 0.15) is 5.82 Å². The number of halogens is 1. The number of benzene rings is 2. The molecular formula is C21H16FN3O2. The molecule has 2 heterocycles. The second-order valence-electron chi connectivity index (χ2n) is 6.19. The second-order valence-corrected chi connectivity index (χ2v) is 6.19. The van der Waals surface area contributed by atoms with Crippen molar-refractivity contribution in [2.75, 3.05) is 0 Å². The molecule has 5 nitrogen and oxygen atoms in total. The van der Waals surface area contributed by atoms with Gasteiger partial charge in [-0.15, -0.1) is 0 Å². The Bertz CT molecular complexity index is 1070. The number of aromatic nitrogens is 3. The molecule has 0 fully saturated rings. The normalized spacial score (nSPS) is 10.9. The van der Waals surface area contributed by atoms with Crippen LogP contribution in [0.2, 0.25) is 0 Å². The molecule has 0 atom stereocenters. The van der Waals surface area contributed by atoms with E-state index < -0.39 is 5.82 Å². The Morgan fingerprint density at radius 1 is 1.04 bits per heavy atom. The molecule has 0 spiro atoms. The van der Waals surface area contributed by atoms with Crippen LogP contribution in [0.4, 0.5) is 4.39 Å². The first-order valence-electron chi connectivity index (χ1n) is 8.49.